The van der Waals surface area contributed by atoms with Crippen molar-refractivity contribution in [3.05, 3.63) is 123 Å². The summed E-state index contributed by atoms with van der Waals surface area (Å²) in [5, 5.41) is 10.4. The third kappa shape index (κ3) is 5.86. The highest BCUT2D eigenvalue weighted by Gasteiger charge is 2.38. The Morgan fingerprint density at radius 2 is 1.79 bits per heavy atom. The number of thioether (sulfide) groups is 1. The first-order valence-corrected chi connectivity index (χ1v) is 15.6. The lowest BCUT2D eigenvalue weighted by Gasteiger charge is -2.23. The first kappa shape index (κ1) is 28.2. The van der Waals surface area contributed by atoms with E-state index >= 15 is 0 Å². The van der Waals surface area contributed by atoms with Crippen molar-refractivity contribution < 1.29 is 14.0 Å². The largest absolute Gasteiger partial charge is 0.350 e. The number of nitrogens with one attached hydrogen (secondary N) is 1. The number of hydrogen-bond donors (Lipinski definition) is 1. The molecule has 0 spiro atoms. The van der Waals surface area contributed by atoms with Gasteiger partial charge in [-0.3, -0.25) is 14.5 Å². The van der Waals surface area contributed by atoms with E-state index in [1.807, 2.05) is 66.9 Å². The van der Waals surface area contributed by atoms with Gasteiger partial charge in [0.2, 0.25) is 11.8 Å². The van der Waals surface area contributed by atoms with Crippen LogP contribution < -0.4 is 10.2 Å². The molecular weight excluding hydrogens is 591 g/mol. The van der Waals surface area contributed by atoms with Crippen LogP contribution in [0, 0.1) is 12.7 Å². The molecule has 3 aromatic carbocycles. The average molecular weight is 617 g/mol. The standard InChI is InChI=1S/C32H26ClFN4O2S2/c1-20-4-14-25(15-5-20)38-32-29(30(36-38)22-8-10-23(33)11-9-22)31(26-3-2-16-41-26)42-19-28(40)37(32)18-27(39)35-17-21-6-12-24(34)13-7-21/h2-16,31H,17-19H2,1H3,(H,35,39). The molecule has 0 bridgehead atoms. The number of carbonyl (C=O) groups excluding carboxylic acids is 2. The van der Waals surface area contributed by atoms with Crippen molar-refractivity contribution in [2.24, 2.45) is 0 Å². The number of nitrogens with zero attached hydrogens (tertiary/aromatic N) is 3. The van der Waals surface area contributed by atoms with E-state index in [1.54, 1.807) is 33.1 Å². The summed E-state index contributed by atoms with van der Waals surface area (Å²) >= 11 is 9.39. The molecule has 0 saturated carbocycles. The lowest BCUT2D eigenvalue weighted by molar-refractivity contribution is -0.123. The summed E-state index contributed by atoms with van der Waals surface area (Å²) in [6, 6.07) is 25.4. The smallest absolute Gasteiger partial charge is 0.240 e. The molecule has 1 N–H and O–H groups in total. The topological polar surface area (TPSA) is 67.2 Å². The van der Waals surface area contributed by atoms with Gasteiger partial charge in [0.25, 0.3) is 0 Å². The molecule has 1 unspecified atom stereocenters. The van der Waals surface area contributed by atoms with Gasteiger partial charge in [-0.15, -0.1) is 23.1 Å². The summed E-state index contributed by atoms with van der Waals surface area (Å²) < 4.78 is 15.1. The lowest BCUT2D eigenvalue weighted by Crippen LogP contribution is -2.42. The Morgan fingerprint density at radius 3 is 2.48 bits per heavy atom. The van der Waals surface area contributed by atoms with Crippen LogP contribution in [0.4, 0.5) is 10.2 Å². The van der Waals surface area contributed by atoms with Crippen molar-refractivity contribution in [3.63, 3.8) is 0 Å². The van der Waals surface area contributed by atoms with E-state index in [0.717, 1.165) is 38.5 Å². The molecule has 2 aromatic heterocycles. The Balaban J connectivity index is 1.48. The highest BCUT2D eigenvalue weighted by Crippen LogP contribution is 2.49. The van der Waals surface area contributed by atoms with E-state index < -0.39 is 0 Å². The number of halogens is 2. The molecule has 5 aromatic rings. The van der Waals surface area contributed by atoms with Crippen molar-refractivity contribution >= 4 is 52.3 Å². The number of aromatic nitrogens is 2. The number of aryl methyl sites for hydroxylation is 1. The number of amides is 2. The van der Waals surface area contributed by atoms with Crippen LogP contribution in [0.5, 0.6) is 0 Å². The molecule has 0 aliphatic carbocycles. The van der Waals surface area contributed by atoms with Gasteiger partial charge in [0, 0.05) is 27.6 Å². The van der Waals surface area contributed by atoms with E-state index in [2.05, 4.69) is 11.4 Å². The molecule has 10 heteroatoms. The first-order valence-electron chi connectivity index (χ1n) is 13.3. The predicted octanol–water partition coefficient (Wildman–Crippen LogP) is 7.19. The normalized spacial score (nSPS) is 14.9. The number of fused-ring (bicyclic) bond motifs is 1. The van der Waals surface area contributed by atoms with Crippen molar-refractivity contribution in [3.8, 4) is 16.9 Å². The van der Waals surface area contributed by atoms with Gasteiger partial charge >= 0.3 is 0 Å². The Bertz CT molecular complexity index is 1720. The van der Waals surface area contributed by atoms with Crippen LogP contribution in [0.1, 0.15) is 26.8 Å². The Kier molecular flexibility index (Phi) is 8.15. The summed E-state index contributed by atoms with van der Waals surface area (Å²) in [6.45, 7) is 2.04. The average Bonchev–Trinajstić information content (AvgIpc) is 3.63. The molecule has 3 heterocycles. The molecule has 0 fully saturated rings. The Hall–Kier alpha value is -3.92. The molecule has 6 nitrogen and oxygen atoms in total. The molecule has 0 radical (unpaired) electrons. The molecule has 6 rings (SSSR count). The number of rotatable bonds is 7. The maximum atomic E-state index is 13.8. The molecular formula is C32H26ClFN4O2S2. The maximum absolute atomic E-state index is 13.8. The third-order valence-corrected chi connectivity index (χ3v) is 9.57. The quantitative estimate of drug-likeness (QED) is 0.210. The van der Waals surface area contributed by atoms with Gasteiger partial charge in [-0.05, 0) is 60.3 Å². The van der Waals surface area contributed by atoms with Crippen molar-refractivity contribution in [1.82, 2.24) is 15.1 Å². The van der Waals surface area contributed by atoms with E-state index in [-0.39, 0.29) is 41.7 Å². The fourth-order valence-corrected chi connectivity index (χ4v) is 7.17. The maximum Gasteiger partial charge on any atom is 0.240 e. The molecule has 0 saturated heterocycles. The fourth-order valence-electron chi connectivity index (χ4n) is 4.87. The van der Waals surface area contributed by atoms with Gasteiger partial charge in [0.1, 0.15) is 18.2 Å². The SMILES string of the molecule is Cc1ccc(-n2nc(-c3ccc(Cl)cc3)c3c2N(CC(=O)NCc2ccc(F)cc2)C(=O)CSC3c2cccs2)cc1. The summed E-state index contributed by atoms with van der Waals surface area (Å²) in [6.07, 6.45) is 0. The van der Waals surface area contributed by atoms with Crippen molar-refractivity contribution in [1.29, 1.82) is 0 Å². The molecule has 42 heavy (non-hydrogen) atoms. The fraction of sp³-hybridized carbons (Fsp3) is 0.156. The Labute approximate surface area is 256 Å². The van der Waals surface area contributed by atoms with Gasteiger partial charge in [-0.25, -0.2) is 9.07 Å². The zero-order valence-electron chi connectivity index (χ0n) is 22.6. The van der Waals surface area contributed by atoms with Gasteiger partial charge in [0.05, 0.1) is 22.4 Å². The van der Waals surface area contributed by atoms with Crippen molar-refractivity contribution in [2.75, 3.05) is 17.2 Å². The molecule has 1 atom stereocenters. The van der Waals surface area contributed by atoms with Gasteiger partial charge < -0.3 is 5.32 Å². The van der Waals surface area contributed by atoms with Crippen molar-refractivity contribution in [2.45, 2.75) is 18.7 Å². The number of carbonyl (C=O) groups is 2. The zero-order valence-corrected chi connectivity index (χ0v) is 25.0. The second-order valence-electron chi connectivity index (χ2n) is 9.93. The van der Waals surface area contributed by atoms with Crippen LogP contribution in [-0.2, 0) is 16.1 Å². The van der Waals surface area contributed by atoms with Gasteiger partial charge in [-0.2, -0.15) is 5.10 Å². The third-order valence-electron chi connectivity index (χ3n) is 6.99. The van der Waals surface area contributed by atoms with E-state index in [4.69, 9.17) is 16.7 Å². The monoisotopic (exact) mass is 616 g/mol. The zero-order chi connectivity index (χ0) is 29.2. The van der Waals surface area contributed by atoms with Crippen LogP contribution >= 0.6 is 34.7 Å². The number of thiophene rings is 1. The van der Waals surface area contributed by atoms with Crippen LogP contribution in [-0.4, -0.2) is 33.9 Å². The molecule has 1 aliphatic rings. The molecule has 212 valence electrons. The summed E-state index contributed by atoms with van der Waals surface area (Å²) in [5.41, 5.74) is 5.07. The summed E-state index contributed by atoms with van der Waals surface area (Å²) in [5.74, 6) is -0.104. The van der Waals surface area contributed by atoms with Gasteiger partial charge in [-0.1, -0.05) is 59.6 Å². The minimum absolute atomic E-state index is 0.180. The highest BCUT2D eigenvalue weighted by molar-refractivity contribution is 8.00. The highest BCUT2D eigenvalue weighted by atomic mass is 35.5. The second-order valence-corrected chi connectivity index (χ2v) is 12.4. The summed E-state index contributed by atoms with van der Waals surface area (Å²) in [7, 11) is 0. The van der Waals surface area contributed by atoms with Crippen LogP contribution in [0.25, 0.3) is 16.9 Å². The lowest BCUT2D eigenvalue weighted by atomic mass is 10.0. The predicted molar refractivity (Wildman–Crippen MR) is 168 cm³/mol. The van der Waals surface area contributed by atoms with Crippen LogP contribution in [0.2, 0.25) is 5.02 Å². The van der Waals surface area contributed by atoms with Gasteiger partial charge in [0.15, 0.2) is 0 Å². The Morgan fingerprint density at radius 1 is 1.05 bits per heavy atom. The molecule has 2 amide bonds. The first-order chi connectivity index (χ1) is 20.4. The second kappa shape index (κ2) is 12.1. The number of hydrogen-bond acceptors (Lipinski definition) is 5. The molecule has 1 aliphatic heterocycles. The minimum atomic E-state index is -0.341. The summed E-state index contributed by atoms with van der Waals surface area (Å²) in [4.78, 5) is 29.7. The van der Waals surface area contributed by atoms with Crippen LogP contribution in [0.15, 0.2) is 90.3 Å². The number of benzene rings is 3. The van der Waals surface area contributed by atoms with Crippen LogP contribution in [0.3, 0.4) is 0 Å². The number of anilines is 1. The van der Waals surface area contributed by atoms with E-state index in [1.165, 1.54) is 23.9 Å². The van der Waals surface area contributed by atoms with E-state index in [0.29, 0.717) is 10.8 Å². The van der Waals surface area contributed by atoms with E-state index in [9.17, 15) is 14.0 Å². The minimum Gasteiger partial charge on any atom is -0.350 e.